The predicted octanol–water partition coefficient (Wildman–Crippen LogP) is 5.03. The van der Waals surface area contributed by atoms with Crippen molar-refractivity contribution >= 4 is 15.9 Å². The number of Topliss-reactive ketones (excluding diaryl/α,β-unsaturated/α-hetero) is 1. The highest BCUT2D eigenvalue weighted by Gasteiger charge is 2.56. The molecule has 0 amide bonds. The number of aryl methyl sites for hydroxylation is 1. The van der Waals surface area contributed by atoms with Crippen LogP contribution in [0, 0.1) is 17.3 Å². The van der Waals surface area contributed by atoms with Gasteiger partial charge in [0.05, 0.1) is 0 Å². The Balaban J connectivity index is 1.57. The third-order valence-electron chi connectivity index (χ3n) is 7.24. The Morgan fingerprint density at radius 1 is 1.27 bits per heavy atom. The molecule has 0 aromatic heterocycles. The normalized spacial score (nSPS) is 30.7. The first-order chi connectivity index (χ1) is 13.9. The van der Waals surface area contributed by atoms with Gasteiger partial charge in [-0.1, -0.05) is 25.1 Å². The molecule has 164 valence electrons. The molecule has 0 bridgehead atoms. The number of fused-ring (bicyclic) bond motifs is 5. The molecule has 0 aliphatic heterocycles. The molecule has 1 saturated carbocycles. The van der Waals surface area contributed by atoms with Crippen LogP contribution in [0.1, 0.15) is 62.1 Å². The first kappa shape index (κ1) is 21.4. The van der Waals surface area contributed by atoms with E-state index >= 15 is 0 Å². The highest BCUT2D eigenvalue weighted by molar-refractivity contribution is 7.87. The molecule has 0 radical (unpaired) electrons. The molecule has 1 aromatic rings. The van der Waals surface area contributed by atoms with Crippen LogP contribution in [0.15, 0.2) is 30.0 Å². The first-order valence-electron chi connectivity index (χ1n) is 10.2. The van der Waals surface area contributed by atoms with Gasteiger partial charge in [-0.2, -0.15) is 21.6 Å². The zero-order chi connectivity index (χ0) is 21.9. The van der Waals surface area contributed by atoms with Gasteiger partial charge in [0.2, 0.25) is 0 Å². The lowest BCUT2D eigenvalue weighted by atomic mass is 9.55. The van der Waals surface area contributed by atoms with E-state index in [2.05, 4.69) is 16.3 Å². The Bertz CT molecular complexity index is 1010. The van der Waals surface area contributed by atoms with E-state index in [4.69, 9.17) is 0 Å². The van der Waals surface area contributed by atoms with Crippen LogP contribution in [0.25, 0.3) is 0 Å². The van der Waals surface area contributed by atoms with Crippen molar-refractivity contribution in [2.24, 2.45) is 17.3 Å². The Morgan fingerprint density at radius 3 is 2.67 bits per heavy atom. The van der Waals surface area contributed by atoms with E-state index in [0.29, 0.717) is 25.2 Å². The van der Waals surface area contributed by atoms with Gasteiger partial charge in [0.25, 0.3) is 0 Å². The second-order valence-electron chi connectivity index (χ2n) is 9.07. The number of rotatable bonds is 4. The van der Waals surface area contributed by atoms with E-state index in [-0.39, 0.29) is 23.4 Å². The minimum atomic E-state index is -5.66. The molecule has 4 unspecified atom stereocenters. The molecular weight excluding hydrogens is 417 g/mol. The van der Waals surface area contributed by atoms with Crippen molar-refractivity contribution in [2.75, 3.05) is 0 Å². The molecule has 0 spiro atoms. The van der Waals surface area contributed by atoms with E-state index < -0.39 is 21.0 Å². The molecule has 0 heterocycles. The fourth-order valence-electron chi connectivity index (χ4n) is 5.86. The number of carbonyl (C=O) groups excluding carboxylic acids is 1. The summed E-state index contributed by atoms with van der Waals surface area (Å²) in [5, 5.41) is 0. The summed E-state index contributed by atoms with van der Waals surface area (Å²) in [4.78, 5) is 11.4. The van der Waals surface area contributed by atoms with Gasteiger partial charge in [-0.25, -0.2) is 0 Å². The Labute approximate surface area is 174 Å². The van der Waals surface area contributed by atoms with Crippen molar-refractivity contribution in [3.05, 3.63) is 46.7 Å². The maximum absolute atomic E-state index is 12.8. The highest BCUT2D eigenvalue weighted by atomic mass is 32.2. The number of hydrogen-bond acceptors (Lipinski definition) is 4. The third kappa shape index (κ3) is 3.47. The molecule has 4 atom stereocenters. The van der Waals surface area contributed by atoms with Crippen LogP contribution >= 0.6 is 0 Å². The highest BCUT2D eigenvalue weighted by Crippen LogP contribution is 2.61. The van der Waals surface area contributed by atoms with Gasteiger partial charge >= 0.3 is 15.6 Å². The van der Waals surface area contributed by atoms with Gasteiger partial charge in [-0.3, -0.25) is 4.79 Å². The van der Waals surface area contributed by atoms with Crippen molar-refractivity contribution in [2.45, 2.75) is 63.8 Å². The molecule has 0 N–H and O–H groups in total. The monoisotopic (exact) mass is 442 g/mol. The van der Waals surface area contributed by atoms with Crippen LogP contribution in [0.2, 0.25) is 0 Å². The third-order valence-corrected chi connectivity index (χ3v) is 8.20. The number of hydrogen-bond donors (Lipinski definition) is 0. The lowest BCUT2D eigenvalue weighted by Crippen LogP contribution is -2.42. The van der Waals surface area contributed by atoms with E-state index in [1.165, 1.54) is 11.1 Å². The number of carbonyl (C=O) groups is 1. The minimum absolute atomic E-state index is 0.0501. The Kier molecular flexibility index (Phi) is 5.07. The molecule has 4 rings (SSSR count). The van der Waals surface area contributed by atoms with Crippen LogP contribution in [-0.2, 0) is 31.9 Å². The summed E-state index contributed by atoms with van der Waals surface area (Å²) < 4.78 is 66.2. The summed E-state index contributed by atoms with van der Waals surface area (Å²) in [5.74, 6) is 0.687. The lowest BCUT2D eigenvalue weighted by molar-refractivity contribution is -0.116. The van der Waals surface area contributed by atoms with Crippen molar-refractivity contribution in [1.29, 1.82) is 0 Å². The van der Waals surface area contributed by atoms with Crippen molar-refractivity contribution < 1.29 is 30.6 Å². The summed E-state index contributed by atoms with van der Waals surface area (Å²) in [5.41, 5.74) is -2.61. The second-order valence-corrected chi connectivity index (χ2v) is 10.6. The van der Waals surface area contributed by atoms with Gasteiger partial charge in [0.1, 0.15) is 11.5 Å². The van der Waals surface area contributed by atoms with Gasteiger partial charge < -0.3 is 4.18 Å². The number of halogens is 3. The van der Waals surface area contributed by atoms with E-state index in [1.807, 2.05) is 13.0 Å². The Morgan fingerprint density at radius 2 is 2.00 bits per heavy atom. The maximum atomic E-state index is 12.8. The first-order valence-corrected chi connectivity index (χ1v) is 11.7. The number of allylic oxidation sites excluding steroid dienone is 2. The van der Waals surface area contributed by atoms with Crippen LogP contribution in [-0.4, -0.2) is 19.7 Å². The largest absolute Gasteiger partial charge is 0.534 e. The zero-order valence-electron chi connectivity index (χ0n) is 17.0. The SMILES string of the molecule is CC(=O)Cc1ccc2c(c1)CCC1C2CCC2(C)C(OS(=O)(=O)C(F)(F)F)=CCC12. The van der Waals surface area contributed by atoms with E-state index in [0.717, 1.165) is 24.8 Å². The molecular formula is C22H25F3O4S. The number of benzene rings is 1. The molecule has 30 heavy (non-hydrogen) atoms. The summed E-state index contributed by atoms with van der Waals surface area (Å²) in [6.45, 7) is 3.41. The molecule has 1 fully saturated rings. The predicted molar refractivity (Wildman–Crippen MR) is 105 cm³/mol. The zero-order valence-corrected chi connectivity index (χ0v) is 17.8. The summed E-state index contributed by atoms with van der Waals surface area (Å²) >= 11 is 0. The number of ketones is 1. The Hall–Kier alpha value is -1.83. The average Bonchev–Trinajstić information content (AvgIpc) is 2.96. The molecule has 0 saturated heterocycles. The topological polar surface area (TPSA) is 60.4 Å². The van der Waals surface area contributed by atoms with Crippen LogP contribution in [0.4, 0.5) is 13.2 Å². The smallest absolute Gasteiger partial charge is 0.380 e. The molecule has 3 aliphatic rings. The van der Waals surface area contributed by atoms with Crippen molar-refractivity contribution in [3.63, 3.8) is 0 Å². The van der Waals surface area contributed by atoms with Crippen LogP contribution in [0.5, 0.6) is 0 Å². The fourth-order valence-corrected chi connectivity index (χ4v) is 6.45. The lowest BCUT2D eigenvalue weighted by Gasteiger charge is -2.49. The van der Waals surface area contributed by atoms with E-state index in [1.54, 1.807) is 13.0 Å². The van der Waals surface area contributed by atoms with Crippen molar-refractivity contribution in [3.8, 4) is 0 Å². The summed E-state index contributed by atoms with van der Waals surface area (Å²) in [6.07, 6.45) is 5.58. The van der Waals surface area contributed by atoms with Gasteiger partial charge in [0.15, 0.2) is 0 Å². The van der Waals surface area contributed by atoms with Gasteiger partial charge in [-0.15, -0.1) is 0 Å². The van der Waals surface area contributed by atoms with Gasteiger partial charge in [-0.05, 0) is 79.5 Å². The maximum Gasteiger partial charge on any atom is 0.534 e. The molecule has 4 nitrogen and oxygen atoms in total. The summed E-state index contributed by atoms with van der Waals surface area (Å²) in [6, 6.07) is 6.20. The van der Waals surface area contributed by atoms with Crippen molar-refractivity contribution in [1.82, 2.24) is 0 Å². The molecule has 1 aromatic carbocycles. The van der Waals surface area contributed by atoms with Crippen LogP contribution < -0.4 is 0 Å². The standard InChI is InChI=1S/C22H25F3O4S/c1-13(26)11-14-3-5-16-15(12-14)4-6-18-17(16)9-10-21(2)19(18)7-8-20(21)29-30(27,28)22(23,24)25/h3,5,8,12,17-19H,4,6-7,9-11H2,1-2H3. The molecule has 3 aliphatic carbocycles. The number of alkyl halides is 3. The summed E-state index contributed by atoms with van der Waals surface area (Å²) in [7, 11) is -5.66. The minimum Gasteiger partial charge on any atom is -0.380 e. The van der Waals surface area contributed by atoms with Crippen LogP contribution in [0.3, 0.4) is 0 Å². The second kappa shape index (κ2) is 7.11. The van der Waals surface area contributed by atoms with Gasteiger partial charge in [0, 0.05) is 11.8 Å². The average molecular weight is 442 g/mol. The quantitative estimate of drug-likeness (QED) is 0.485. The fraction of sp³-hybridized carbons (Fsp3) is 0.591. The molecule has 8 heteroatoms. The van der Waals surface area contributed by atoms with E-state index in [9.17, 15) is 26.4 Å².